The van der Waals surface area contributed by atoms with Crippen molar-refractivity contribution in [3.63, 3.8) is 0 Å². The van der Waals surface area contributed by atoms with Crippen LogP contribution >= 0.6 is 0 Å². The molecule has 1 aliphatic heterocycles. The number of nitrogens with one attached hydrogen (secondary N) is 1. The third kappa shape index (κ3) is 2.90. The summed E-state index contributed by atoms with van der Waals surface area (Å²) in [6.45, 7) is 0.546. The van der Waals surface area contributed by atoms with Gasteiger partial charge in [-0.25, -0.2) is 4.99 Å². The number of nitrogens with zero attached hydrogens (tertiary/aromatic N) is 2. The number of quaternary nitrogens is 1. The van der Waals surface area contributed by atoms with E-state index in [9.17, 15) is 4.79 Å². The molecule has 2 rings (SSSR count). The van der Waals surface area contributed by atoms with Gasteiger partial charge in [0, 0.05) is 7.05 Å². The number of rotatable bonds is 5. The highest BCUT2D eigenvalue weighted by atomic mass is 16.2. The zero-order valence-corrected chi connectivity index (χ0v) is 12.0. The number of hydrogen-bond donors (Lipinski definition) is 3. The summed E-state index contributed by atoms with van der Waals surface area (Å²) in [4.78, 5) is 18.5. The lowest BCUT2D eigenvalue weighted by Crippen LogP contribution is -2.91. The van der Waals surface area contributed by atoms with Crippen LogP contribution in [0.15, 0.2) is 4.99 Å². The van der Waals surface area contributed by atoms with Crippen LogP contribution in [-0.2, 0) is 4.79 Å². The second kappa shape index (κ2) is 5.88. The molecule has 6 nitrogen and oxygen atoms in total. The number of amides is 1. The zero-order chi connectivity index (χ0) is 13.9. The van der Waals surface area contributed by atoms with Crippen molar-refractivity contribution in [2.75, 3.05) is 20.6 Å². The number of carbonyl (C=O) groups excluding carboxylic acids is 1. The Balaban J connectivity index is 2.13. The molecule has 1 aliphatic carbocycles. The van der Waals surface area contributed by atoms with Crippen molar-refractivity contribution in [3.8, 4) is 0 Å². The van der Waals surface area contributed by atoms with E-state index in [4.69, 9.17) is 5.73 Å². The van der Waals surface area contributed by atoms with Gasteiger partial charge in [-0.3, -0.25) is 15.1 Å². The molecule has 5 N–H and O–H groups in total. The first-order valence-electron chi connectivity index (χ1n) is 7.24. The van der Waals surface area contributed by atoms with Crippen LogP contribution in [0.5, 0.6) is 0 Å². The Morgan fingerprint density at radius 3 is 2.68 bits per heavy atom. The largest absolute Gasteiger partial charge is 0.369 e. The first-order chi connectivity index (χ1) is 9.09. The fraction of sp³-hybridized carbons (Fsp3) is 0.846. The minimum absolute atomic E-state index is 0.0323. The number of hydrogen-bond acceptors (Lipinski definition) is 4. The number of guanidine groups is 1. The average Bonchev–Trinajstić information content (AvgIpc) is 2.63. The van der Waals surface area contributed by atoms with Crippen LogP contribution in [-0.4, -0.2) is 42.9 Å². The third-order valence-corrected chi connectivity index (χ3v) is 4.32. The van der Waals surface area contributed by atoms with Crippen LogP contribution in [0.25, 0.3) is 0 Å². The third-order valence-electron chi connectivity index (χ3n) is 4.32. The van der Waals surface area contributed by atoms with Crippen molar-refractivity contribution in [2.45, 2.75) is 44.1 Å². The Morgan fingerprint density at radius 1 is 1.47 bits per heavy atom. The number of carbonyl (C=O) groups is 1. The zero-order valence-electron chi connectivity index (χ0n) is 12.0. The lowest BCUT2D eigenvalue weighted by atomic mass is 9.79. The first kappa shape index (κ1) is 14.3. The van der Waals surface area contributed by atoms with E-state index in [1.54, 1.807) is 7.05 Å². The van der Waals surface area contributed by atoms with Crippen LogP contribution in [0.3, 0.4) is 0 Å². The number of likely N-dealkylation sites (N-methyl/N-ethyl adjacent to an activating group) is 1. The molecule has 1 heterocycles. The maximum atomic E-state index is 12.5. The van der Waals surface area contributed by atoms with E-state index in [0.29, 0.717) is 18.4 Å². The Labute approximate surface area is 114 Å². The fourth-order valence-electron chi connectivity index (χ4n) is 3.22. The predicted octanol–water partition coefficient (Wildman–Crippen LogP) is -0.820. The van der Waals surface area contributed by atoms with Crippen molar-refractivity contribution < 1.29 is 10.2 Å². The molecular weight excluding hydrogens is 242 g/mol. The molecule has 0 bridgehead atoms. The second-order valence-corrected chi connectivity index (χ2v) is 5.74. The molecule has 2 aliphatic rings. The molecule has 0 aromatic heterocycles. The Morgan fingerprint density at radius 2 is 2.16 bits per heavy atom. The summed E-state index contributed by atoms with van der Waals surface area (Å²) in [5.41, 5.74) is 10.2. The molecule has 0 aromatic carbocycles. The lowest BCUT2D eigenvalue weighted by Gasteiger charge is -2.30. The van der Waals surface area contributed by atoms with Crippen LogP contribution < -0.4 is 16.6 Å². The van der Waals surface area contributed by atoms with Crippen LogP contribution in [0.2, 0.25) is 0 Å². The molecule has 108 valence electrons. The average molecular weight is 268 g/mol. The standard InChI is InChI=1S/C13H25N5O/c1-15-16-9-13(8-10-6-4-3-5-7-10)11(19)18(2)12(14)17-13/h10,15-16H,3-9H2,1-2H3,(H2,14,17)/p+1. The van der Waals surface area contributed by atoms with E-state index < -0.39 is 5.54 Å². The smallest absolute Gasteiger partial charge is 0.258 e. The van der Waals surface area contributed by atoms with E-state index in [1.165, 1.54) is 37.0 Å². The van der Waals surface area contributed by atoms with Crippen molar-refractivity contribution in [3.05, 3.63) is 0 Å². The van der Waals surface area contributed by atoms with Gasteiger partial charge in [-0.05, 0) is 12.3 Å². The summed E-state index contributed by atoms with van der Waals surface area (Å²) in [5, 5.41) is 0. The van der Waals surface area contributed by atoms with Gasteiger partial charge in [-0.15, -0.1) is 0 Å². The van der Waals surface area contributed by atoms with Crippen molar-refractivity contribution in [1.29, 1.82) is 0 Å². The van der Waals surface area contributed by atoms with Gasteiger partial charge < -0.3 is 5.73 Å². The fourth-order valence-corrected chi connectivity index (χ4v) is 3.22. The lowest BCUT2D eigenvalue weighted by molar-refractivity contribution is -0.686. The van der Waals surface area contributed by atoms with Gasteiger partial charge in [0.05, 0.1) is 13.6 Å². The maximum absolute atomic E-state index is 12.5. The maximum Gasteiger partial charge on any atom is 0.258 e. The van der Waals surface area contributed by atoms with Gasteiger partial charge in [0.15, 0.2) is 11.5 Å². The van der Waals surface area contributed by atoms with E-state index >= 15 is 0 Å². The highest BCUT2D eigenvalue weighted by molar-refractivity contribution is 6.06. The summed E-state index contributed by atoms with van der Waals surface area (Å²) in [5.74, 6) is 0.975. The quantitative estimate of drug-likeness (QED) is 0.450. The van der Waals surface area contributed by atoms with Gasteiger partial charge in [-0.2, -0.15) is 5.43 Å². The first-order valence-corrected chi connectivity index (χ1v) is 7.24. The van der Waals surface area contributed by atoms with Crippen molar-refractivity contribution >= 4 is 11.9 Å². The van der Waals surface area contributed by atoms with Crippen molar-refractivity contribution in [2.24, 2.45) is 16.6 Å². The SMILES string of the molecule is C[NH2+]NCC1(CC2CCCCC2)N=C(N)N(C)C1=O. The van der Waals surface area contributed by atoms with Gasteiger partial charge in [0.25, 0.3) is 5.91 Å². The molecule has 1 atom stereocenters. The van der Waals surface area contributed by atoms with Crippen LogP contribution in [0, 0.1) is 5.92 Å². The Kier molecular flexibility index (Phi) is 4.42. The molecule has 0 radical (unpaired) electrons. The molecule has 1 fully saturated rings. The monoisotopic (exact) mass is 268 g/mol. The predicted molar refractivity (Wildman–Crippen MR) is 74.2 cm³/mol. The highest BCUT2D eigenvalue weighted by Crippen LogP contribution is 2.35. The van der Waals surface area contributed by atoms with Crippen LogP contribution in [0.1, 0.15) is 38.5 Å². The molecule has 1 amide bonds. The number of aliphatic imine (C=N–C) groups is 1. The van der Waals surface area contributed by atoms with Gasteiger partial charge in [0.2, 0.25) is 0 Å². The summed E-state index contributed by atoms with van der Waals surface area (Å²) in [7, 11) is 3.63. The van der Waals surface area contributed by atoms with E-state index in [2.05, 4.69) is 10.4 Å². The van der Waals surface area contributed by atoms with E-state index in [0.717, 1.165) is 6.42 Å². The summed E-state index contributed by atoms with van der Waals surface area (Å²) in [6, 6.07) is 0. The Bertz CT molecular complexity index is 364. The minimum Gasteiger partial charge on any atom is -0.369 e. The molecule has 0 aromatic rings. The topological polar surface area (TPSA) is 87.3 Å². The van der Waals surface area contributed by atoms with Crippen molar-refractivity contribution in [1.82, 2.24) is 10.3 Å². The van der Waals surface area contributed by atoms with Gasteiger partial charge in [-0.1, -0.05) is 32.1 Å². The van der Waals surface area contributed by atoms with E-state index in [-0.39, 0.29) is 5.91 Å². The molecule has 1 saturated carbocycles. The van der Waals surface area contributed by atoms with Gasteiger partial charge in [0.1, 0.15) is 0 Å². The molecule has 6 heteroatoms. The number of nitrogens with two attached hydrogens (primary N) is 2. The minimum atomic E-state index is -0.687. The summed E-state index contributed by atoms with van der Waals surface area (Å²) < 4.78 is 0. The van der Waals surface area contributed by atoms with Gasteiger partial charge >= 0.3 is 0 Å². The molecular formula is C13H26N5O+. The second-order valence-electron chi connectivity index (χ2n) is 5.74. The highest BCUT2D eigenvalue weighted by Gasteiger charge is 2.47. The molecule has 1 unspecified atom stereocenters. The Hall–Kier alpha value is -1.14. The normalized spacial score (nSPS) is 28.8. The van der Waals surface area contributed by atoms with Crippen LogP contribution in [0.4, 0.5) is 0 Å². The molecule has 0 spiro atoms. The molecule has 19 heavy (non-hydrogen) atoms. The van der Waals surface area contributed by atoms with E-state index in [1.807, 2.05) is 12.5 Å². The summed E-state index contributed by atoms with van der Waals surface area (Å²) >= 11 is 0. The summed E-state index contributed by atoms with van der Waals surface area (Å²) in [6.07, 6.45) is 7.12. The molecule has 0 saturated heterocycles.